The molecule has 0 radical (unpaired) electrons. The van der Waals surface area contributed by atoms with Gasteiger partial charge in [0.2, 0.25) is 0 Å². The molecule has 2 heterocycles. The van der Waals surface area contributed by atoms with E-state index >= 15 is 0 Å². The predicted molar refractivity (Wildman–Crippen MR) is 176 cm³/mol. The van der Waals surface area contributed by atoms with Crippen LogP contribution in [0.5, 0.6) is 0 Å². The van der Waals surface area contributed by atoms with Crippen molar-refractivity contribution in [3.05, 3.63) is 158 Å². The van der Waals surface area contributed by atoms with E-state index in [1.807, 2.05) is 11.3 Å². The Bertz CT molecular complexity index is 2140. The molecule has 3 heteroatoms. The molecule has 0 unspecified atom stereocenters. The van der Waals surface area contributed by atoms with Crippen molar-refractivity contribution in [3.63, 3.8) is 0 Å². The summed E-state index contributed by atoms with van der Waals surface area (Å²) < 4.78 is 4.88. The van der Waals surface area contributed by atoms with Gasteiger partial charge in [-0.25, -0.2) is 0 Å². The van der Waals surface area contributed by atoms with Crippen LogP contribution in [0.3, 0.4) is 0 Å². The van der Waals surface area contributed by atoms with Gasteiger partial charge in [-0.05, 0) is 89.3 Å². The number of benzene rings is 6. The van der Waals surface area contributed by atoms with Gasteiger partial charge in [0, 0.05) is 49.1 Å². The first-order chi connectivity index (χ1) is 20.3. The number of aromatic nitrogens is 1. The van der Waals surface area contributed by atoms with E-state index in [1.54, 1.807) is 0 Å². The van der Waals surface area contributed by atoms with Crippen LogP contribution in [-0.4, -0.2) is 4.57 Å². The van der Waals surface area contributed by atoms with Crippen LogP contribution in [0.1, 0.15) is 0 Å². The second kappa shape index (κ2) is 9.81. The van der Waals surface area contributed by atoms with E-state index in [-0.39, 0.29) is 0 Å². The third-order valence-electron chi connectivity index (χ3n) is 7.84. The van der Waals surface area contributed by atoms with Gasteiger partial charge in [0.25, 0.3) is 0 Å². The highest BCUT2D eigenvalue weighted by molar-refractivity contribution is 7.25. The molecule has 2 nitrogen and oxygen atoms in total. The van der Waals surface area contributed by atoms with Crippen LogP contribution in [0.2, 0.25) is 0 Å². The van der Waals surface area contributed by atoms with Crippen LogP contribution in [0.15, 0.2) is 158 Å². The minimum atomic E-state index is 1.13. The van der Waals surface area contributed by atoms with Gasteiger partial charge in [-0.1, -0.05) is 78.9 Å². The zero-order valence-corrected chi connectivity index (χ0v) is 23.1. The zero-order valence-electron chi connectivity index (χ0n) is 22.3. The molecular weight excluding hydrogens is 516 g/mol. The third-order valence-corrected chi connectivity index (χ3v) is 8.99. The van der Waals surface area contributed by atoms with E-state index in [1.165, 1.54) is 42.2 Å². The molecule has 0 saturated heterocycles. The van der Waals surface area contributed by atoms with Crippen molar-refractivity contribution in [3.8, 4) is 16.8 Å². The van der Waals surface area contributed by atoms with Gasteiger partial charge < -0.3 is 9.47 Å². The van der Waals surface area contributed by atoms with E-state index in [0.29, 0.717) is 0 Å². The average Bonchev–Trinajstić information content (AvgIpc) is 3.64. The lowest BCUT2D eigenvalue weighted by molar-refractivity contribution is 1.13. The number of hydrogen-bond acceptors (Lipinski definition) is 2. The largest absolute Gasteiger partial charge is 0.317 e. The molecule has 194 valence electrons. The second-order valence-corrected chi connectivity index (χ2v) is 11.4. The molecule has 0 fully saturated rings. The van der Waals surface area contributed by atoms with Gasteiger partial charge in [-0.3, -0.25) is 0 Å². The van der Waals surface area contributed by atoms with Gasteiger partial charge in [0.05, 0.1) is 5.52 Å². The lowest BCUT2D eigenvalue weighted by Crippen LogP contribution is -2.09. The maximum Gasteiger partial charge on any atom is 0.0528 e. The summed E-state index contributed by atoms with van der Waals surface area (Å²) in [7, 11) is 0. The van der Waals surface area contributed by atoms with Crippen LogP contribution in [0.25, 0.3) is 47.9 Å². The van der Waals surface area contributed by atoms with Crippen LogP contribution in [0, 0.1) is 0 Å². The first-order valence-electron chi connectivity index (χ1n) is 13.9. The first-order valence-corrected chi connectivity index (χ1v) is 14.7. The fourth-order valence-electron chi connectivity index (χ4n) is 5.80. The van der Waals surface area contributed by atoms with E-state index in [9.17, 15) is 0 Å². The van der Waals surface area contributed by atoms with Gasteiger partial charge >= 0.3 is 0 Å². The highest BCUT2D eigenvalue weighted by Gasteiger charge is 2.15. The van der Waals surface area contributed by atoms with Gasteiger partial charge in [0.15, 0.2) is 0 Å². The number of nitrogens with zero attached hydrogens (tertiary/aromatic N) is 2. The quantitative estimate of drug-likeness (QED) is 0.210. The highest BCUT2D eigenvalue weighted by atomic mass is 32.1. The number of para-hydroxylation sites is 2. The fraction of sp³-hybridized carbons (Fsp3) is 0. The van der Waals surface area contributed by atoms with E-state index < -0.39 is 0 Å². The number of fused-ring (bicyclic) bond motifs is 4. The number of rotatable bonds is 5. The zero-order chi connectivity index (χ0) is 27.2. The topological polar surface area (TPSA) is 8.17 Å². The normalized spacial score (nSPS) is 11.4. The molecule has 2 aromatic heterocycles. The standard InChI is InChI=1S/C38H26N2S/c1-2-9-31(10-3-1)40(33-22-23-38-35(26-33)34-11-5-7-13-37(34)41-38)32-20-16-28(17-21-32)27-14-18-30(19-15-27)39-25-24-29-8-4-6-12-36(29)39/h1-26H. The fourth-order valence-corrected chi connectivity index (χ4v) is 6.89. The summed E-state index contributed by atoms with van der Waals surface area (Å²) in [5.41, 5.74) is 8.22. The number of thiophene rings is 1. The SMILES string of the molecule is c1ccc(N(c2ccc(-c3ccc(-n4ccc5ccccc54)cc3)cc2)c2ccc3sc4ccccc4c3c2)cc1. The van der Waals surface area contributed by atoms with E-state index in [2.05, 4.69) is 167 Å². The molecule has 0 bridgehead atoms. The van der Waals surface area contributed by atoms with Crippen LogP contribution in [0.4, 0.5) is 17.1 Å². The molecule has 8 rings (SSSR count). The summed E-state index contributed by atoms with van der Waals surface area (Å²) in [4.78, 5) is 2.34. The van der Waals surface area contributed by atoms with E-state index in [4.69, 9.17) is 0 Å². The van der Waals surface area contributed by atoms with Crippen molar-refractivity contribution < 1.29 is 0 Å². The third kappa shape index (κ3) is 4.19. The molecule has 6 aromatic carbocycles. The van der Waals surface area contributed by atoms with Crippen LogP contribution in [-0.2, 0) is 0 Å². The Morgan fingerprint density at radius 2 is 1.10 bits per heavy atom. The smallest absolute Gasteiger partial charge is 0.0528 e. The Kier molecular flexibility index (Phi) is 5.68. The molecule has 0 spiro atoms. The summed E-state index contributed by atoms with van der Waals surface area (Å²) in [5.74, 6) is 0. The van der Waals surface area contributed by atoms with Crippen molar-refractivity contribution in [2.45, 2.75) is 0 Å². The van der Waals surface area contributed by atoms with Crippen molar-refractivity contribution in [1.82, 2.24) is 4.57 Å². The lowest BCUT2D eigenvalue weighted by Gasteiger charge is -2.26. The molecule has 0 atom stereocenters. The Labute approximate surface area is 243 Å². The maximum atomic E-state index is 2.34. The lowest BCUT2D eigenvalue weighted by atomic mass is 10.0. The monoisotopic (exact) mass is 542 g/mol. The minimum Gasteiger partial charge on any atom is -0.317 e. The molecule has 0 amide bonds. The Balaban J connectivity index is 1.15. The molecule has 41 heavy (non-hydrogen) atoms. The van der Waals surface area contributed by atoms with Crippen LogP contribution < -0.4 is 4.90 Å². The molecular formula is C38H26N2S. The summed E-state index contributed by atoms with van der Waals surface area (Å²) >= 11 is 1.85. The molecule has 8 aromatic rings. The predicted octanol–water partition coefficient (Wildman–Crippen LogP) is 11.1. The molecule has 0 aliphatic heterocycles. The van der Waals surface area contributed by atoms with Crippen molar-refractivity contribution in [1.29, 1.82) is 0 Å². The Hall–Kier alpha value is -5.12. The first kappa shape index (κ1) is 23.7. The summed E-state index contributed by atoms with van der Waals surface area (Å²) in [6, 6.07) is 54.5. The minimum absolute atomic E-state index is 1.13. The Morgan fingerprint density at radius 1 is 0.463 bits per heavy atom. The van der Waals surface area contributed by atoms with Crippen LogP contribution >= 0.6 is 11.3 Å². The van der Waals surface area contributed by atoms with Crippen molar-refractivity contribution in [2.75, 3.05) is 4.90 Å². The maximum absolute atomic E-state index is 2.34. The van der Waals surface area contributed by atoms with Gasteiger partial charge in [-0.2, -0.15) is 0 Å². The van der Waals surface area contributed by atoms with Crippen molar-refractivity contribution >= 4 is 59.5 Å². The summed E-state index contributed by atoms with van der Waals surface area (Å²) in [5, 5.41) is 3.87. The molecule has 0 aliphatic rings. The van der Waals surface area contributed by atoms with Crippen molar-refractivity contribution in [2.24, 2.45) is 0 Å². The second-order valence-electron chi connectivity index (χ2n) is 10.3. The van der Waals surface area contributed by atoms with Gasteiger partial charge in [-0.15, -0.1) is 11.3 Å². The highest BCUT2D eigenvalue weighted by Crippen LogP contribution is 2.40. The summed E-state index contributed by atoms with van der Waals surface area (Å²) in [6.07, 6.45) is 2.14. The van der Waals surface area contributed by atoms with E-state index in [0.717, 1.165) is 22.7 Å². The molecule has 0 saturated carbocycles. The molecule has 0 N–H and O–H groups in total. The van der Waals surface area contributed by atoms with Gasteiger partial charge in [0.1, 0.15) is 0 Å². The number of hydrogen-bond donors (Lipinski definition) is 0. The Morgan fingerprint density at radius 3 is 1.93 bits per heavy atom. The molecule has 0 aliphatic carbocycles. The summed E-state index contributed by atoms with van der Waals surface area (Å²) in [6.45, 7) is 0. The number of anilines is 3. The average molecular weight is 543 g/mol.